The molecule has 0 bridgehead atoms. The van der Waals surface area contributed by atoms with Gasteiger partial charge in [-0.2, -0.15) is 0 Å². The van der Waals surface area contributed by atoms with Crippen LogP contribution in [0.5, 0.6) is 0 Å². The minimum absolute atomic E-state index is 0.594. The first kappa shape index (κ1) is 10.4. The van der Waals surface area contributed by atoms with Gasteiger partial charge < -0.3 is 20.1 Å². The first-order valence-electron chi connectivity index (χ1n) is 4.19. The van der Waals surface area contributed by atoms with Gasteiger partial charge in [-0.15, -0.1) is 0 Å². The summed E-state index contributed by atoms with van der Waals surface area (Å²) in [6, 6.07) is 0. The van der Waals surface area contributed by atoms with Crippen LogP contribution in [0.3, 0.4) is 0 Å². The minimum atomic E-state index is -1.11. The molecule has 1 heterocycles. The number of aliphatic hydroxyl groups is 2. The van der Waals surface area contributed by atoms with E-state index in [1.54, 1.807) is 6.92 Å². The van der Waals surface area contributed by atoms with E-state index in [1.165, 1.54) is 6.92 Å². The molecule has 1 aliphatic heterocycles. The molecule has 3 N–H and O–H groups in total. The van der Waals surface area contributed by atoms with Crippen molar-refractivity contribution in [3.05, 3.63) is 0 Å². The maximum atomic E-state index is 10.6. The molecule has 1 saturated heterocycles. The van der Waals surface area contributed by atoms with Gasteiger partial charge in [0.1, 0.15) is 6.10 Å². The molecule has 0 spiro atoms. The largest absolute Gasteiger partial charge is 0.479 e. The first-order chi connectivity index (χ1) is 5.95. The van der Waals surface area contributed by atoms with Gasteiger partial charge in [0.15, 0.2) is 6.10 Å². The second kappa shape index (κ2) is 3.61. The van der Waals surface area contributed by atoms with E-state index in [4.69, 9.17) is 9.84 Å². The lowest BCUT2D eigenvalue weighted by atomic mass is 9.88. The van der Waals surface area contributed by atoms with Crippen molar-refractivity contribution in [3.63, 3.8) is 0 Å². The van der Waals surface area contributed by atoms with Gasteiger partial charge in [-0.3, -0.25) is 0 Å². The molecule has 0 saturated carbocycles. The number of hydrogen-bond acceptors (Lipinski definition) is 4. The molecule has 1 aliphatic rings. The number of rotatable bonds is 1. The summed E-state index contributed by atoms with van der Waals surface area (Å²) in [5.41, 5.74) is 0. The van der Waals surface area contributed by atoms with E-state index in [1.807, 2.05) is 0 Å². The zero-order chi connectivity index (χ0) is 10.2. The highest BCUT2D eigenvalue weighted by Crippen LogP contribution is 2.25. The Balaban J connectivity index is 2.76. The smallest absolute Gasteiger partial charge is 0.333 e. The van der Waals surface area contributed by atoms with Gasteiger partial charge in [-0.25, -0.2) is 4.79 Å². The fourth-order valence-electron chi connectivity index (χ4n) is 1.49. The average Bonchev–Trinajstić information content (AvgIpc) is 2.07. The second-order valence-corrected chi connectivity index (χ2v) is 3.44. The van der Waals surface area contributed by atoms with Crippen molar-refractivity contribution >= 4 is 5.97 Å². The SMILES string of the molecule is CC1OC(C(=O)O)C(C)C(O)C1O. The number of aliphatic hydroxyl groups excluding tert-OH is 2. The summed E-state index contributed by atoms with van der Waals surface area (Å²) in [7, 11) is 0. The molecule has 5 nitrogen and oxygen atoms in total. The van der Waals surface area contributed by atoms with Crippen LogP contribution in [0.1, 0.15) is 13.8 Å². The predicted molar refractivity (Wildman–Crippen MR) is 43.1 cm³/mol. The van der Waals surface area contributed by atoms with E-state index >= 15 is 0 Å². The van der Waals surface area contributed by atoms with E-state index in [0.29, 0.717) is 0 Å². The molecule has 5 heteroatoms. The van der Waals surface area contributed by atoms with Crippen LogP contribution < -0.4 is 0 Å². The van der Waals surface area contributed by atoms with Crippen molar-refractivity contribution in [1.29, 1.82) is 0 Å². The Morgan fingerprint density at radius 1 is 1.23 bits per heavy atom. The van der Waals surface area contributed by atoms with Gasteiger partial charge in [0.05, 0.1) is 12.2 Å². The number of carbonyl (C=O) groups is 1. The van der Waals surface area contributed by atoms with Crippen LogP contribution in [-0.2, 0) is 9.53 Å². The molecule has 0 aromatic heterocycles. The summed E-state index contributed by atoms with van der Waals surface area (Å²) in [6.45, 7) is 3.08. The summed E-state index contributed by atoms with van der Waals surface area (Å²) >= 11 is 0. The van der Waals surface area contributed by atoms with Crippen LogP contribution in [0, 0.1) is 5.92 Å². The van der Waals surface area contributed by atoms with E-state index in [-0.39, 0.29) is 0 Å². The number of carboxylic acid groups (broad SMARTS) is 1. The molecule has 5 unspecified atom stereocenters. The molecule has 0 amide bonds. The topological polar surface area (TPSA) is 87.0 Å². The van der Waals surface area contributed by atoms with Crippen LogP contribution in [-0.4, -0.2) is 45.7 Å². The van der Waals surface area contributed by atoms with Crippen LogP contribution in [0.25, 0.3) is 0 Å². The lowest BCUT2D eigenvalue weighted by Gasteiger charge is -2.38. The van der Waals surface area contributed by atoms with Gasteiger partial charge in [0, 0.05) is 5.92 Å². The number of ether oxygens (including phenoxy) is 1. The van der Waals surface area contributed by atoms with Crippen molar-refractivity contribution in [2.45, 2.75) is 38.3 Å². The average molecular weight is 190 g/mol. The fourth-order valence-corrected chi connectivity index (χ4v) is 1.49. The van der Waals surface area contributed by atoms with Crippen LogP contribution in [0.15, 0.2) is 0 Å². The van der Waals surface area contributed by atoms with Crippen molar-refractivity contribution < 1.29 is 24.9 Å². The highest BCUT2D eigenvalue weighted by atomic mass is 16.5. The van der Waals surface area contributed by atoms with Crippen LogP contribution in [0.4, 0.5) is 0 Å². The number of aliphatic carboxylic acids is 1. The van der Waals surface area contributed by atoms with Crippen molar-refractivity contribution in [3.8, 4) is 0 Å². The van der Waals surface area contributed by atoms with Gasteiger partial charge in [0.25, 0.3) is 0 Å². The highest BCUT2D eigenvalue weighted by Gasteiger charge is 2.43. The van der Waals surface area contributed by atoms with Gasteiger partial charge in [-0.1, -0.05) is 6.92 Å². The molecule has 1 fully saturated rings. The Kier molecular flexibility index (Phi) is 2.90. The monoisotopic (exact) mass is 190 g/mol. The third kappa shape index (κ3) is 1.82. The normalized spacial score (nSPS) is 46.0. The van der Waals surface area contributed by atoms with E-state index in [2.05, 4.69) is 0 Å². The molecule has 0 aromatic carbocycles. The molecule has 0 aromatic rings. The fraction of sp³-hybridized carbons (Fsp3) is 0.875. The number of carboxylic acids is 1. The summed E-state index contributed by atoms with van der Waals surface area (Å²) in [5.74, 6) is -1.70. The lowest BCUT2D eigenvalue weighted by molar-refractivity contribution is -0.204. The Labute approximate surface area is 75.9 Å². The zero-order valence-corrected chi connectivity index (χ0v) is 7.54. The maximum absolute atomic E-state index is 10.6. The summed E-state index contributed by atoms with van der Waals surface area (Å²) in [6.07, 6.45) is -3.73. The first-order valence-corrected chi connectivity index (χ1v) is 4.19. The van der Waals surface area contributed by atoms with Crippen LogP contribution in [0.2, 0.25) is 0 Å². The number of hydrogen-bond donors (Lipinski definition) is 3. The third-order valence-electron chi connectivity index (χ3n) is 2.45. The van der Waals surface area contributed by atoms with E-state index in [9.17, 15) is 15.0 Å². The predicted octanol–water partition coefficient (Wildman–Crippen LogP) is -0.784. The molecule has 0 aliphatic carbocycles. The van der Waals surface area contributed by atoms with Gasteiger partial charge in [0.2, 0.25) is 0 Å². The summed E-state index contributed by atoms with van der Waals surface area (Å²) < 4.78 is 5.03. The Morgan fingerprint density at radius 2 is 1.77 bits per heavy atom. The molecular formula is C8H14O5. The van der Waals surface area contributed by atoms with Crippen molar-refractivity contribution in [2.75, 3.05) is 0 Å². The highest BCUT2D eigenvalue weighted by molar-refractivity contribution is 5.73. The standard InChI is InChI=1S/C8H14O5/c1-3-5(9)6(10)4(2)13-7(3)8(11)12/h3-7,9-10H,1-2H3,(H,11,12). The van der Waals surface area contributed by atoms with Crippen molar-refractivity contribution in [2.24, 2.45) is 5.92 Å². The Morgan fingerprint density at radius 3 is 2.23 bits per heavy atom. The second-order valence-electron chi connectivity index (χ2n) is 3.44. The van der Waals surface area contributed by atoms with Gasteiger partial charge in [-0.05, 0) is 6.92 Å². The summed E-state index contributed by atoms with van der Waals surface area (Å²) in [4.78, 5) is 10.6. The molecular weight excluding hydrogens is 176 g/mol. The third-order valence-corrected chi connectivity index (χ3v) is 2.45. The Bertz CT molecular complexity index is 205. The summed E-state index contributed by atoms with van der Waals surface area (Å²) in [5, 5.41) is 27.5. The minimum Gasteiger partial charge on any atom is -0.479 e. The molecule has 13 heavy (non-hydrogen) atoms. The maximum Gasteiger partial charge on any atom is 0.333 e. The van der Waals surface area contributed by atoms with E-state index in [0.717, 1.165) is 0 Å². The van der Waals surface area contributed by atoms with E-state index < -0.39 is 36.3 Å². The van der Waals surface area contributed by atoms with Crippen LogP contribution >= 0.6 is 0 Å². The van der Waals surface area contributed by atoms with Gasteiger partial charge >= 0.3 is 5.97 Å². The molecule has 76 valence electrons. The molecule has 0 radical (unpaired) electrons. The molecule has 1 rings (SSSR count). The Hall–Kier alpha value is -0.650. The lowest BCUT2D eigenvalue weighted by Crippen LogP contribution is -2.54. The van der Waals surface area contributed by atoms with Crippen molar-refractivity contribution in [1.82, 2.24) is 0 Å². The quantitative estimate of drug-likeness (QED) is 0.504. The molecule has 5 atom stereocenters. The zero-order valence-electron chi connectivity index (χ0n) is 7.54.